The molecular formula is C41H78O3Si3. The van der Waals surface area contributed by atoms with Gasteiger partial charge >= 0.3 is 0 Å². The first-order valence-electron chi connectivity index (χ1n) is 19.6. The maximum atomic E-state index is 7.11. The van der Waals surface area contributed by atoms with Gasteiger partial charge in [-0.25, -0.2) is 0 Å². The molecule has 47 heavy (non-hydrogen) atoms. The van der Waals surface area contributed by atoms with Gasteiger partial charge in [0, 0.05) is 6.61 Å². The van der Waals surface area contributed by atoms with Gasteiger partial charge in [0.15, 0.2) is 25.0 Å². The Bertz CT molecular complexity index is 1070. The van der Waals surface area contributed by atoms with Gasteiger partial charge < -0.3 is 13.3 Å². The monoisotopic (exact) mass is 703 g/mol. The second-order valence-electron chi connectivity index (χ2n) is 19.2. The largest absolute Gasteiger partial charge is 0.417 e. The summed E-state index contributed by atoms with van der Waals surface area (Å²) >= 11 is 0. The van der Waals surface area contributed by atoms with Crippen molar-refractivity contribution in [3.05, 3.63) is 35.5 Å². The first-order chi connectivity index (χ1) is 21.6. The molecule has 3 fully saturated rings. The molecule has 0 amide bonds. The molecule has 0 spiro atoms. The van der Waals surface area contributed by atoms with E-state index in [1.54, 1.807) is 5.57 Å². The van der Waals surface area contributed by atoms with Crippen LogP contribution in [0, 0.1) is 23.2 Å². The third-order valence-corrected chi connectivity index (χ3v) is 28.0. The highest BCUT2D eigenvalue weighted by molar-refractivity contribution is 6.74. The van der Waals surface area contributed by atoms with Crippen molar-refractivity contribution in [1.82, 2.24) is 0 Å². The van der Waals surface area contributed by atoms with Gasteiger partial charge in [0.2, 0.25) is 0 Å². The lowest BCUT2D eigenvalue weighted by atomic mass is 9.61. The molecule has 3 saturated carbocycles. The molecule has 0 aliphatic heterocycles. The van der Waals surface area contributed by atoms with Crippen LogP contribution < -0.4 is 0 Å². The number of rotatable bonds is 13. The van der Waals surface area contributed by atoms with Crippen LogP contribution in [-0.2, 0) is 13.3 Å². The Kier molecular flexibility index (Phi) is 13.6. The van der Waals surface area contributed by atoms with Gasteiger partial charge in [-0.3, -0.25) is 0 Å². The number of allylic oxidation sites excluding steroid dienone is 3. The van der Waals surface area contributed by atoms with Crippen LogP contribution in [0.25, 0.3) is 0 Å². The van der Waals surface area contributed by atoms with E-state index in [-0.39, 0.29) is 22.3 Å². The summed E-state index contributed by atoms with van der Waals surface area (Å²) < 4.78 is 21.0. The fraction of sp³-hybridized carbons (Fsp3) is 0.854. The van der Waals surface area contributed by atoms with Crippen LogP contribution in [0.1, 0.15) is 128 Å². The summed E-state index contributed by atoms with van der Waals surface area (Å²) in [6.07, 6.45) is 15.0. The highest BCUT2D eigenvalue weighted by Crippen LogP contribution is 2.60. The van der Waals surface area contributed by atoms with Crippen LogP contribution in [0.2, 0.25) is 54.4 Å². The Hall–Kier alpha value is -0.249. The molecule has 0 bridgehead atoms. The van der Waals surface area contributed by atoms with Gasteiger partial charge in [-0.1, -0.05) is 106 Å². The minimum absolute atomic E-state index is 0.0366. The summed E-state index contributed by atoms with van der Waals surface area (Å²) in [5, 5.41) is 0.322. The van der Waals surface area contributed by atoms with E-state index in [1.165, 1.54) is 67.8 Å². The van der Waals surface area contributed by atoms with Crippen LogP contribution in [0.5, 0.6) is 0 Å². The topological polar surface area (TPSA) is 27.7 Å². The number of hydrogen-bond donors (Lipinski definition) is 0. The number of hydrogen-bond acceptors (Lipinski definition) is 3. The third kappa shape index (κ3) is 9.36. The molecule has 0 aromatic heterocycles. The second-order valence-corrected chi connectivity index (χ2v) is 33.5. The van der Waals surface area contributed by atoms with Gasteiger partial charge in [-0.15, -0.1) is 0 Å². The van der Waals surface area contributed by atoms with Crippen LogP contribution in [0.15, 0.2) is 35.5 Å². The van der Waals surface area contributed by atoms with E-state index in [0.717, 1.165) is 31.3 Å². The van der Waals surface area contributed by atoms with E-state index in [2.05, 4.69) is 121 Å². The molecule has 3 aliphatic carbocycles. The van der Waals surface area contributed by atoms with Crippen LogP contribution in [-0.4, -0.2) is 43.8 Å². The zero-order chi connectivity index (χ0) is 35.6. The number of fused-ring (bicyclic) bond motifs is 1. The van der Waals surface area contributed by atoms with Gasteiger partial charge in [0.25, 0.3) is 0 Å². The first kappa shape index (κ1) is 41.2. The summed E-state index contributed by atoms with van der Waals surface area (Å²) in [6, 6.07) is 3.76. The van der Waals surface area contributed by atoms with E-state index in [0.29, 0.717) is 11.3 Å². The smallest absolute Gasteiger partial charge is 0.192 e. The molecule has 0 heterocycles. The Labute approximate surface area is 296 Å². The average Bonchev–Trinajstić information content (AvgIpc) is 3.32. The Morgan fingerprint density at radius 2 is 1.36 bits per heavy atom. The van der Waals surface area contributed by atoms with Crippen molar-refractivity contribution in [3.63, 3.8) is 0 Å². The molecule has 0 aromatic rings. The van der Waals surface area contributed by atoms with Crippen molar-refractivity contribution < 1.29 is 13.3 Å². The normalized spacial score (nSPS) is 29.7. The highest BCUT2D eigenvalue weighted by atomic mass is 28.4. The molecule has 3 rings (SSSR count). The molecule has 6 heteroatoms. The van der Waals surface area contributed by atoms with Crippen molar-refractivity contribution >= 4 is 25.0 Å². The van der Waals surface area contributed by atoms with E-state index >= 15 is 0 Å². The summed E-state index contributed by atoms with van der Waals surface area (Å²) in [6.45, 7) is 41.4. The minimum Gasteiger partial charge on any atom is -0.417 e. The summed E-state index contributed by atoms with van der Waals surface area (Å²) in [7, 11) is -5.45. The Morgan fingerprint density at radius 3 is 1.83 bits per heavy atom. The summed E-state index contributed by atoms with van der Waals surface area (Å²) in [4.78, 5) is 0. The third-order valence-electron chi connectivity index (χ3n) is 14.4. The van der Waals surface area contributed by atoms with Gasteiger partial charge in [-0.2, -0.15) is 0 Å². The molecule has 3 nitrogen and oxygen atoms in total. The lowest BCUT2D eigenvalue weighted by molar-refractivity contribution is 0.0867. The van der Waals surface area contributed by atoms with Crippen LogP contribution in [0.3, 0.4) is 0 Å². The zero-order valence-electron chi connectivity index (χ0n) is 34.0. The van der Waals surface area contributed by atoms with Crippen LogP contribution >= 0.6 is 0 Å². The van der Waals surface area contributed by atoms with Crippen LogP contribution in [0.4, 0.5) is 0 Å². The lowest BCUT2D eigenvalue weighted by Crippen LogP contribution is -2.49. The quantitative estimate of drug-likeness (QED) is 0.141. The summed E-state index contributed by atoms with van der Waals surface area (Å²) in [5.41, 5.74) is 4.78. The average molecular weight is 703 g/mol. The minimum atomic E-state index is -1.97. The fourth-order valence-electron chi connectivity index (χ4n) is 8.62. The van der Waals surface area contributed by atoms with Gasteiger partial charge in [0.1, 0.15) is 0 Å². The maximum absolute atomic E-state index is 7.11. The lowest BCUT2D eigenvalue weighted by Gasteiger charge is -2.46. The molecule has 272 valence electrons. The van der Waals surface area contributed by atoms with Gasteiger partial charge in [-0.05, 0) is 135 Å². The molecular weight excluding hydrogens is 625 g/mol. The van der Waals surface area contributed by atoms with Gasteiger partial charge in [0.05, 0.1) is 12.2 Å². The second kappa shape index (κ2) is 15.6. The molecule has 6 atom stereocenters. The Morgan fingerprint density at radius 1 is 0.851 bits per heavy atom. The Balaban J connectivity index is 1.83. The van der Waals surface area contributed by atoms with E-state index < -0.39 is 25.0 Å². The first-order valence-corrected chi connectivity index (χ1v) is 28.0. The highest BCUT2D eigenvalue weighted by Gasteiger charge is 2.51. The predicted octanol–water partition coefficient (Wildman–Crippen LogP) is 13.2. The molecule has 0 radical (unpaired) electrons. The van der Waals surface area contributed by atoms with Crippen molar-refractivity contribution in [1.29, 1.82) is 0 Å². The van der Waals surface area contributed by atoms with Crippen molar-refractivity contribution in [2.75, 3.05) is 6.61 Å². The van der Waals surface area contributed by atoms with Crippen molar-refractivity contribution in [2.45, 2.75) is 194 Å². The standard InChI is InChI=1S/C41H78O3Si3/c1-17-47(18-2,19-3)42-28-26-31(4)35-24-25-36-34(21-20-27-41(35,36)12)23-22-33-29-37(43-45(13,14)39(6,7)8)32(5)38(30-33)44-46(15,16)40(9,10)11/h22-23,31,35-38H,5,17-21,24-30H2,1-4,6-16H3/b34-23+/t31-,35-,36+,37-,38-,41-/m1/s1. The molecule has 0 saturated heterocycles. The SMILES string of the molecule is C=C1[C@H](O[Si](C)(C)C(C)(C)C)CC(=C/C=C2\CCC[C@]3(C)[C@@H]([C@H](C)CCO[Si](CC)(CC)CC)CC[C@@H]23)C[C@H]1O[Si](C)(C)C(C)(C)C. The van der Waals surface area contributed by atoms with E-state index in [1.807, 2.05) is 0 Å². The van der Waals surface area contributed by atoms with Crippen molar-refractivity contribution in [3.8, 4) is 0 Å². The fourth-order valence-corrected chi connectivity index (χ4v) is 13.9. The zero-order valence-corrected chi connectivity index (χ0v) is 37.0. The molecule has 0 unspecified atom stereocenters. The van der Waals surface area contributed by atoms with Crippen molar-refractivity contribution in [2.24, 2.45) is 23.2 Å². The van der Waals surface area contributed by atoms with E-state index in [9.17, 15) is 0 Å². The molecule has 0 N–H and O–H groups in total. The summed E-state index contributed by atoms with van der Waals surface area (Å²) in [5.74, 6) is 2.25. The van der Waals surface area contributed by atoms with E-state index in [4.69, 9.17) is 13.3 Å². The molecule has 3 aliphatic rings. The maximum Gasteiger partial charge on any atom is 0.192 e. The molecule has 0 aromatic carbocycles. The predicted molar refractivity (Wildman–Crippen MR) is 214 cm³/mol.